The Bertz CT molecular complexity index is 565. The highest BCUT2D eigenvalue weighted by atomic mass is 79.9. The van der Waals surface area contributed by atoms with Crippen molar-refractivity contribution in [2.45, 2.75) is 6.92 Å². The van der Waals surface area contributed by atoms with Gasteiger partial charge in [0.05, 0.1) is 0 Å². The maximum absolute atomic E-state index is 11.9. The molecule has 0 spiro atoms. The predicted octanol–water partition coefficient (Wildman–Crippen LogP) is 4.65. The van der Waals surface area contributed by atoms with E-state index in [0.29, 0.717) is 5.56 Å². The van der Waals surface area contributed by atoms with Crippen LogP contribution in [0.3, 0.4) is 0 Å². The van der Waals surface area contributed by atoms with Gasteiger partial charge < -0.3 is 0 Å². The number of ketones is 1. The Balaban J connectivity index is 2.11. The molecule has 0 saturated heterocycles. The number of hydrogen-bond donors (Lipinski definition) is 0. The number of carbonyl (C=O) groups is 1. The first-order valence-electron chi connectivity index (χ1n) is 5.70. The SMILES string of the molecule is Cc1ccc(C(=O)C=Cc2ccc(Br)cc2)cc1. The van der Waals surface area contributed by atoms with Gasteiger partial charge in [0, 0.05) is 10.0 Å². The number of halogens is 1. The summed E-state index contributed by atoms with van der Waals surface area (Å²) in [7, 11) is 0. The Morgan fingerprint density at radius 1 is 1.00 bits per heavy atom. The first kappa shape index (κ1) is 12.8. The minimum absolute atomic E-state index is 0.0259. The summed E-state index contributed by atoms with van der Waals surface area (Å²) in [6.07, 6.45) is 3.43. The molecule has 2 aromatic rings. The van der Waals surface area contributed by atoms with E-state index in [9.17, 15) is 4.79 Å². The van der Waals surface area contributed by atoms with Crippen LogP contribution in [0.2, 0.25) is 0 Å². The van der Waals surface area contributed by atoms with Crippen molar-refractivity contribution < 1.29 is 4.79 Å². The molecule has 0 heterocycles. The largest absolute Gasteiger partial charge is 0.289 e. The van der Waals surface area contributed by atoms with Crippen LogP contribution in [0.15, 0.2) is 59.1 Å². The lowest BCUT2D eigenvalue weighted by molar-refractivity contribution is 0.104. The molecule has 0 aromatic heterocycles. The molecule has 0 bridgehead atoms. The van der Waals surface area contributed by atoms with Gasteiger partial charge in [-0.2, -0.15) is 0 Å². The molecule has 0 N–H and O–H groups in total. The summed E-state index contributed by atoms with van der Waals surface area (Å²) >= 11 is 3.38. The molecular weight excluding hydrogens is 288 g/mol. The summed E-state index contributed by atoms with van der Waals surface area (Å²) < 4.78 is 1.03. The van der Waals surface area contributed by atoms with Crippen molar-refractivity contribution in [1.29, 1.82) is 0 Å². The third kappa shape index (κ3) is 3.41. The van der Waals surface area contributed by atoms with E-state index in [-0.39, 0.29) is 5.78 Å². The number of benzene rings is 2. The molecule has 0 fully saturated rings. The van der Waals surface area contributed by atoms with Gasteiger partial charge >= 0.3 is 0 Å². The van der Waals surface area contributed by atoms with E-state index < -0.39 is 0 Å². The van der Waals surface area contributed by atoms with Gasteiger partial charge in [0.2, 0.25) is 0 Å². The van der Waals surface area contributed by atoms with Crippen LogP contribution in [-0.2, 0) is 0 Å². The van der Waals surface area contributed by atoms with Crippen LogP contribution in [0.1, 0.15) is 21.5 Å². The molecule has 2 rings (SSSR count). The van der Waals surface area contributed by atoms with Gasteiger partial charge in [-0.05, 0) is 30.7 Å². The highest BCUT2D eigenvalue weighted by Gasteiger charge is 2.00. The average Bonchev–Trinajstić information content (AvgIpc) is 2.38. The molecule has 0 aliphatic carbocycles. The van der Waals surface area contributed by atoms with Crippen LogP contribution in [0, 0.1) is 6.92 Å². The lowest BCUT2D eigenvalue weighted by Gasteiger charge is -1.97. The second-order valence-corrected chi connectivity index (χ2v) is 5.03. The van der Waals surface area contributed by atoms with Gasteiger partial charge in [-0.1, -0.05) is 64.0 Å². The summed E-state index contributed by atoms with van der Waals surface area (Å²) in [6.45, 7) is 2.01. The molecule has 0 amide bonds. The van der Waals surface area contributed by atoms with E-state index in [1.54, 1.807) is 6.08 Å². The number of aryl methyl sites for hydroxylation is 1. The molecule has 0 radical (unpaired) electrons. The molecule has 0 atom stereocenters. The van der Waals surface area contributed by atoms with Gasteiger partial charge in [-0.3, -0.25) is 4.79 Å². The van der Waals surface area contributed by atoms with Crippen LogP contribution in [0.5, 0.6) is 0 Å². The number of rotatable bonds is 3. The number of carbonyl (C=O) groups excluding carboxylic acids is 1. The minimum atomic E-state index is 0.0259. The molecule has 90 valence electrons. The van der Waals surface area contributed by atoms with Crippen molar-refractivity contribution in [3.63, 3.8) is 0 Å². The molecule has 2 aromatic carbocycles. The molecule has 1 nitrogen and oxygen atoms in total. The Morgan fingerprint density at radius 2 is 1.61 bits per heavy atom. The zero-order chi connectivity index (χ0) is 13.0. The van der Waals surface area contributed by atoms with Crippen LogP contribution < -0.4 is 0 Å². The Kier molecular flexibility index (Phi) is 4.11. The summed E-state index contributed by atoms with van der Waals surface area (Å²) in [6, 6.07) is 15.4. The maximum atomic E-state index is 11.9. The molecule has 0 unspecified atom stereocenters. The summed E-state index contributed by atoms with van der Waals surface area (Å²) in [5.41, 5.74) is 2.89. The van der Waals surface area contributed by atoms with E-state index in [1.807, 2.05) is 61.5 Å². The Labute approximate surface area is 115 Å². The van der Waals surface area contributed by atoms with E-state index in [0.717, 1.165) is 15.6 Å². The quantitative estimate of drug-likeness (QED) is 0.595. The third-order valence-electron chi connectivity index (χ3n) is 2.63. The van der Waals surface area contributed by atoms with E-state index >= 15 is 0 Å². The smallest absolute Gasteiger partial charge is 0.185 e. The van der Waals surface area contributed by atoms with Gasteiger partial charge in [0.15, 0.2) is 5.78 Å². The van der Waals surface area contributed by atoms with Crippen molar-refractivity contribution in [2.75, 3.05) is 0 Å². The van der Waals surface area contributed by atoms with E-state index in [4.69, 9.17) is 0 Å². The number of allylic oxidation sites excluding steroid dienone is 1. The summed E-state index contributed by atoms with van der Waals surface area (Å²) in [5, 5.41) is 0. The molecule has 0 aliphatic rings. The zero-order valence-corrected chi connectivity index (χ0v) is 11.6. The molecule has 0 saturated carbocycles. The van der Waals surface area contributed by atoms with Crippen LogP contribution in [0.25, 0.3) is 6.08 Å². The van der Waals surface area contributed by atoms with Gasteiger partial charge in [0.25, 0.3) is 0 Å². The zero-order valence-electron chi connectivity index (χ0n) is 10.1. The fourth-order valence-electron chi connectivity index (χ4n) is 1.56. The van der Waals surface area contributed by atoms with Crippen molar-refractivity contribution >= 4 is 27.8 Å². The summed E-state index contributed by atoms with van der Waals surface area (Å²) in [5.74, 6) is 0.0259. The second kappa shape index (κ2) is 5.78. The fourth-order valence-corrected chi connectivity index (χ4v) is 1.82. The standard InChI is InChI=1S/C16H13BrO/c1-12-2-7-14(8-3-12)16(18)11-6-13-4-9-15(17)10-5-13/h2-11H,1H3. The van der Waals surface area contributed by atoms with Crippen LogP contribution in [-0.4, -0.2) is 5.78 Å². The first-order valence-corrected chi connectivity index (χ1v) is 6.49. The first-order chi connectivity index (χ1) is 8.65. The van der Waals surface area contributed by atoms with E-state index in [2.05, 4.69) is 15.9 Å². The van der Waals surface area contributed by atoms with Crippen molar-refractivity contribution in [3.05, 3.63) is 75.8 Å². The van der Waals surface area contributed by atoms with Crippen LogP contribution in [0.4, 0.5) is 0 Å². The Hall–Kier alpha value is -1.67. The van der Waals surface area contributed by atoms with Crippen LogP contribution >= 0.6 is 15.9 Å². The average molecular weight is 301 g/mol. The minimum Gasteiger partial charge on any atom is -0.289 e. The van der Waals surface area contributed by atoms with E-state index in [1.165, 1.54) is 0 Å². The fraction of sp³-hybridized carbons (Fsp3) is 0.0625. The normalized spacial score (nSPS) is 10.8. The van der Waals surface area contributed by atoms with Crippen molar-refractivity contribution in [2.24, 2.45) is 0 Å². The molecule has 18 heavy (non-hydrogen) atoms. The third-order valence-corrected chi connectivity index (χ3v) is 3.16. The lowest BCUT2D eigenvalue weighted by Crippen LogP contribution is -1.93. The highest BCUT2D eigenvalue weighted by molar-refractivity contribution is 9.10. The lowest BCUT2D eigenvalue weighted by atomic mass is 10.1. The monoisotopic (exact) mass is 300 g/mol. The van der Waals surface area contributed by atoms with Gasteiger partial charge in [-0.15, -0.1) is 0 Å². The van der Waals surface area contributed by atoms with Gasteiger partial charge in [0.1, 0.15) is 0 Å². The van der Waals surface area contributed by atoms with Crippen molar-refractivity contribution in [3.8, 4) is 0 Å². The second-order valence-electron chi connectivity index (χ2n) is 4.12. The van der Waals surface area contributed by atoms with Crippen molar-refractivity contribution in [1.82, 2.24) is 0 Å². The molecule has 2 heteroatoms. The molecule has 0 aliphatic heterocycles. The highest BCUT2D eigenvalue weighted by Crippen LogP contribution is 2.12. The summed E-state index contributed by atoms with van der Waals surface area (Å²) in [4.78, 5) is 11.9. The predicted molar refractivity (Wildman–Crippen MR) is 78.7 cm³/mol. The Morgan fingerprint density at radius 3 is 2.22 bits per heavy atom. The molecular formula is C16H13BrO. The topological polar surface area (TPSA) is 17.1 Å². The maximum Gasteiger partial charge on any atom is 0.185 e. The number of hydrogen-bond acceptors (Lipinski definition) is 1. The van der Waals surface area contributed by atoms with Gasteiger partial charge in [-0.25, -0.2) is 0 Å².